The average molecular weight is 346 g/mol. The van der Waals surface area contributed by atoms with Crippen molar-refractivity contribution in [2.24, 2.45) is 0 Å². The molecule has 2 heterocycles. The molecule has 2 aliphatic rings. The largest absolute Gasteiger partial charge is 0.347 e. The van der Waals surface area contributed by atoms with Crippen LogP contribution in [0.4, 0.5) is 0 Å². The average Bonchev–Trinajstić information content (AvgIpc) is 3.07. The minimum atomic E-state index is -0.482. The molecule has 3 rings (SSSR count). The van der Waals surface area contributed by atoms with E-state index in [0.717, 1.165) is 12.0 Å². The molecule has 6 nitrogen and oxygen atoms in total. The summed E-state index contributed by atoms with van der Waals surface area (Å²) in [4.78, 5) is 27.9. The maximum absolute atomic E-state index is 12.6. The van der Waals surface area contributed by atoms with Crippen LogP contribution in [0.25, 0.3) is 0 Å². The standard InChI is InChI=1S/C19H26N2O4/c1-16(22)21(10-7-17-5-3-2-4-6-17)15-18(23)20-11-8-19(9-12-20)24-13-14-25-19/h2-6H,7-15H2,1H3. The summed E-state index contributed by atoms with van der Waals surface area (Å²) in [6.45, 7) is 4.69. The van der Waals surface area contributed by atoms with Gasteiger partial charge in [-0.1, -0.05) is 30.3 Å². The highest BCUT2D eigenvalue weighted by Gasteiger charge is 2.40. The lowest BCUT2D eigenvalue weighted by Gasteiger charge is -2.38. The fourth-order valence-corrected chi connectivity index (χ4v) is 3.40. The van der Waals surface area contributed by atoms with Gasteiger partial charge in [0.25, 0.3) is 0 Å². The Balaban J connectivity index is 1.50. The third-order valence-corrected chi connectivity index (χ3v) is 4.98. The van der Waals surface area contributed by atoms with E-state index in [1.807, 2.05) is 35.2 Å². The number of likely N-dealkylation sites (tertiary alicyclic amines) is 1. The van der Waals surface area contributed by atoms with E-state index in [0.29, 0.717) is 45.7 Å². The highest BCUT2D eigenvalue weighted by molar-refractivity contribution is 5.83. The van der Waals surface area contributed by atoms with Crippen LogP contribution in [0.15, 0.2) is 30.3 Å². The summed E-state index contributed by atoms with van der Waals surface area (Å²) in [5, 5.41) is 0. The molecule has 2 amide bonds. The number of nitrogens with zero attached hydrogens (tertiary/aromatic N) is 2. The minimum absolute atomic E-state index is 0.00360. The number of benzene rings is 1. The molecule has 0 aliphatic carbocycles. The Morgan fingerprint density at radius 3 is 2.36 bits per heavy atom. The maximum Gasteiger partial charge on any atom is 0.242 e. The monoisotopic (exact) mass is 346 g/mol. The number of piperidine rings is 1. The summed E-state index contributed by atoms with van der Waals surface area (Å²) >= 11 is 0. The van der Waals surface area contributed by atoms with E-state index < -0.39 is 5.79 Å². The molecular formula is C19H26N2O4. The number of rotatable bonds is 5. The molecule has 0 aromatic heterocycles. The second-order valence-corrected chi connectivity index (χ2v) is 6.66. The SMILES string of the molecule is CC(=O)N(CCc1ccccc1)CC(=O)N1CCC2(CC1)OCCO2. The van der Waals surface area contributed by atoms with E-state index in [2.05, 4.69) is 0 Å². The van der Waals surface area contributed by atoms with Crippen molar-refractivity contribution in [2.75, 3.05) is 39.4 Å². The maximum atomic E-state index is 12.6. The Bertz CT molecular complexity index is 589. The predicted octanol–water partition coefficient (Wildman–Crippen LogP) is 1.44. The highest BCUT2D eigenvalue weighted by atomic mass is 16.7. The first-order chi connectivity index (χ1) is 12.1. The van der Waals surface area contributed by atoms with E-state index in [4.69, 9.17) is 9.47 Å². The van der Waals surface area contributed by atoms with Gasteiger partial charge in [0, 0.05) is 39.4 Å². The molecule has 6 heteroatoms. The van der Waals surface area contributed by atoms with Gasteiger partial charge in [-0.3, -0.25) is 9.59 Å². The molecule has 136 valence electrons. The van der Waals surface area contributed by atoms with E-state index >= 15 is 0 Å². The van der Waals surface area contributed by atoms with Crippen LogP contribution in [0.5, 0.6) is 0 Å². The van der Waals surface area contributed by atoms with Gasteiger partial charge >= 0.3 is 0 Å². The lowest BCUT2D eigenvalue weighted by atomic mass is 10.0. The molecule has 0 atom stereocenters. The van der Waals surface area contributed by atoms with Crippen molar-refractivity contribution in [1.82, 2.24) is 9.80 Å². The molecule has 0 bridgehead atoms. The van der Waals surface area contributed by atoms with Gasteiger partial charge in [0.05, 0.1) is 19.8 Å². The fraction of sp³-hybridized carbons (Fsp3) is 0.579. The molecule has 2 saturated heterocycles. The summed E-state index contributed by atoms with van der Waals surface area (Å²) in [5.41, 5.74) is 1.16. The van der Waals surface area contributed by atoms with Crippen molar-refractivity contribution < 1.29 is 19.1 Å². The van der Waals surface area contributed by atoms with Crippen LogP contribution in [0, 0.1) is 0 Å². The number of ether oxygens (including phenoxy) is 2. The zero-order valence-electron chi connectivity index (χ0n) is 14.8. The topological polar surface area (TPSA) is 59.1 Å². The van der Waals surface area contributed by atoms with Crippen LogP contribution >= 0.6 is 0 Å². The Kier molecular flexibility index (Phi) is 5.71. The van der Waals surface area contributed by atoms with Crippen LogP contribution < -0.4 is 0 Å². The van der Waals surface area contributed by atoms with Gasteiger partial charge in [0.15, 0.2) is 5.79 Å². The van der Waals surface area contributed by atoms with Gasteiger partial charge < -0.3 is 19.3 Å². The minimum Gasteiger partial charge on any atom is -0.347 e. The molecule has 0 radical (unpaired) electrons. The predicted molar refractivity (Wildman–Crippen MR) is 92.8 cm³/mol. The van der Waals surface area contributed by atoms with E-state index in [-0.39, 0.29) is 18.4 Å². The lowest BCUT2D eigenvalue weighted by molar-refractivity contribution is -0.187. The summed E-state index contributed by atoms with van der Waals surface area (Å²) in [6.07, 6.45) is 2.14. The normalized spacial score (nSPS) is 19.2. The van der Waals surface area contributed by atoms with Crippen molar-refractivity contribution in [3.63, 3.8) is 0 Å². The van der Waals surface area contributed by atoms with Crippen LogP contribution in [-0.2, 0) is 25.5 Å². The Labute approximate surface area is 148 Å². The lowest BCUT2D eigenvalue weighted by Crippen LogP contribution is -2.50. The van der Waals surface area contributed by atoms with Crippen LogP contribution in [-0.4, -0.2) is 66.8 Å². The third kappa shape index (κ3) is 4.58. The number of carbonyl (C=O) groups is 2. The van der Waals surface area contributed by atoms with Crippen molar-refractivity contribution in [3.05, 3.63) is 35.9 Å². The Hall–Kier alpha value is -1.92. The second-order valence-electron chi connectivity index (χ2n) is 6.66. The van der Waals surface area contributed by atoms with Crippen molar-refractivity contribution in [2.45, 2.75) is 32.0 Å². The van der Waals surface area contributed by atoms with E-state index in [1.54, 1.807) is 4.90 Å². The van der Waals surface area contributed by atoms with Crippen LogP contribution in [0.2, 0.25) is 0 Å². The first-order valence-electron chi connectivity index (χ1n) is 8.93. The van der Waals surface area contributed by atoms with Gasteiger partial charge in [0.2, 0.25) is 11.8 Å². The van der Waals surface area contributed by atoms with Crippen LogP contribution in [0.1, 0.15) is 25.3 Å². The molecule has 2 fully saturated rings. The van der Waals surface area contributed by atoms with Crippen molar-refractivity contribution in [1.29, 1.82) is 0 Å². The Morgan fingerprint density at radius 2 is 1.76 bits per heavy atom. The number of hydrogen-bond donors (Lipinski definition) is 0. The summed E-state index contributed by atoms with van der Waals surface area (Å²) in [7, 11) is 0. The van der Waals surface area contributed by atoms with Crippen molar-refractivity contribution >= 4 is 11.8 Å². The highest BCUT2D eigenvalue weighted by Crippen LogP contribution is 2.31. The van der Waals surface area contributed by atoms with E-state index in [9.17, 15) is 9.59 Å². The molecule has 1 spiro atoms. The van der Waals surface area contributed by atoms with Gasteiger partial charge in [-0.25, -0.2) is 0 Å². The quantitative estimate of drug-likeness (QED) is 0.810. The molecule has 2 aliphatic heterocycles. The van der Waals surface area contributed by atoms with Crippen LogP contribution in [0.3, 0.4) is 0 Å². The van der Waals surface area contributed by atoms with Gasteiger partial charge in [-0.05, 0) is 12.0 Å². The number of carbonyl (C=O) groups excluding carboxylic acids is 2. The summed E-state index contributed by atoms with van der Waals surface area (Å²) < 4.78 is 11.4. The third-order valence-electron chi connectivity index (χ3n) is 4.98. The molecule has 0 saturated carbocycles. The summed E-state index contributed by atoms with van der Waals surface area (Å²) in [5.74, 6) is -0.555. The van der Waals surface area contributed by atoms with E-state index in [1.165, 1.54) is 6.92 Å². The van der Waals surface area contributed by atoms with Gasteiger partial charge in [0.1, 0.15) is 0 Å². The Morgan fingerprint density at radius 1 is 1.12 bits per heavy atom. The zero-order valence-corrected chi connectivity index (χ0v) is 14.8. The van der Waals surface area contributed by atoms with Gasteiger partial charge in [-0.2, -0.15) is 0 Å². The molecule has 0 N–H and O–H groups in total. The molecule has 0 unspecified atom stereocenters. The van der Waals surface area contributed by atoms with Gasteiger partial charge in [-0.15, -0.1) is 0 Å². The first kappa shape index (κ1) is 17.9. The summed E-state index contributed by atoms with van der Waals surface area (Å²) in [6, 6.07) is 10.00. The first-order valence-corrected chi connectivity index (χ1v) is 8.93. The molecule has 1 aromatic rings. The number of hydrogen-bond acceptors (Lipinski definition) is 4. The molecule has 25 heavy (non-hydrogen) atoms. The molecule has 1 aromatic carbocycles. The fourth-order valence-electron chi connectivity index (χ4n) is 3.40. The smallest absolute Gasteiger partial charge is 0.242 e. The van der Waals surface area contributed by atoms with Crippen molar-refractivity contribution in [3.8, 4) is 0 Å². The number of amides is 2. The molecular weight excluding hydrogens is 320 g/mol. The zero-order chi connectivity index (χ0) is 17.7. The second kappa shape index (κ2) is 7.97.